The normalized spacial score (nSPS) is 12.1. The lowest BCUT2D eigenvalue weighted by Crippen LogP contribution is -2.23. The summed E-state index contributed by atoms with van der Waals surface area (Å²) >= 11 is 0. The molecule has 0 radical (unpaired) electrons. The number of benzene rings is 2. The van der Waals surface area contributed by atoms with E-state index in [2.05, 4.69) is 66.8 Å². The van der Waals surface area contributed by atoms with Gasteiger partial charge in [-0.1, -0.05) is 61.9 Å². The third-order valence-electron chi connectivity index (χ3n) is 3.74. The number of nitrogens with two attached hydrogens (primary N) is 1. The Kier molecular flexibility index (Phi) is 6.29. The number of hydrogen-bond donors (Lipinski definition) is 2. The molecular formula is C19H26N2. The van der Waals surface area contributed by atoms with E-state index in [0.717, 1.165) is 32.2 Å². The minimum Gasteiger partial charge on any atom is -0.385 e. The fourth-order valence-corrected chi connectivity index (χ4v) is 2.57. The van der Waals surface area contributed by atoms with Crippen LogP contribution in [0.25, 0.3) is 0 Å². The first-order chi connectivity index (χ1) is 10.3. The summed E-state index contributed by atoms with van der Waals surface area (Å²) in [5.74, 6) is 0. The van der Waals surface area contributed by atoms with Gasteiger partial charge in [-0.15, -0.1) is 0 Å². The first kappa shape index (κ1) is 15.6. The molecule has 0 fully saturated rings. The number of anilines is 1. The van der Waals surface area contributed by atoms with Crippen LogP contribution in [0.15, 0.2) is 54.6 Å². The van der Waals surface area contributed by atoms with Gasteiger partial charge in [-0.2, -0.15) is 0 Å². The number of nitrogens with one attached hydrogen (secondary N) is 1. The van der Waals surface area contributed by atoms with E-state index in [-0.39, 0.29) is 0 Å². The Bertz CT molecular complexity index is 522. The highest BCUT2D eigenvalue weighted by Gasteiger charge is 2.04. The number of rotatable bonds is 8. The van der Waals surface area contributed by atoms with Crippen molar-refractivity contribution in [1.82, 2.24) is 0 Å². The van der Waals surface area contributed by atoms with E-state index in [4.69, 9.17) is 5.73 Å². The van der Waals surface area contributed by atoms with E-state index in [1.54, 1.807) is 0 Å². The van der Waals surface area contributed by atoms with Gasteiger partial charge >= 0.3 is 0 Å². The SMILES string of the molecule is CCCC(N)CCNc1ccccc1Cc1ccccc1. The Labute approximate surface area is 128 Å². The van der Waals surface area contributed by atoms with Gasteiger partial charge in [0.15, 0.2) is 0 Å². The van der Waals surface area contributed by atoms with E-state index < -0.39 is 0 Å². The highest BCUT2D eigenvalue weighted by molar-refractivity contribution is 5.52. The standard InChI is InChI=1S/C19H26N2/c1-2-8-18(20)13-14-21-19-12-7-6-11-17(19)15-16-9-4-3-5-10-16/h3-7,9-12,18,21H,2,8,13-15,20H2,1H3. The molecule has 0 aliphatic carbocycles. The van der Waals surface area contributed by atoms with Gasteiger partial charge in [0.1, 0.15) is 0 Å². The zero-order valence-corrected chi connectivity index (χ0v) is 12.9. The Morgan fingerprint density at radius 1 is 0.952 bits per heavy atom. The molecule has 0 aromatic heterocycles. The Morgan fingerprint density at radius 3 is 2.43 bits per heavy atom. The monoisotopic (exact) mass is 282 g/mol. The summed E-state index contributed by atoms with van der Waals surface area (Å²) in [6, 6.07) is 19.4. The van der Waals surface area contributed by atoms with Crippen molar-refractivity contribution in [1.29, 1.82) is 0 Å². The summed E-state index contributed by atoms with van der Waals surface area (Å²) in [7, 11) is 0. The topological polar surface area (TPSA) is 38.0 Å². The molecule has 1 atom stereocenters. The van der Waals surface area contributed by atoms with E-state index in [1.807, 2.05) is 0 Å². The molecule has 3 N–H and O–H groups in total. The van der Waals surface area contributed by atoms with E-state index >= 15 is 0 Å². The average Bonchev–Trinajstić information content (AvgIpc) is 2.50. The Hall–Kier alpha value is -1.80. The molecule has 0 saturated carbocycles. The van der Waals surface area contributed by atoms with Crippen LogP contribution >= 0.6 is 0 Å². The van der Waals surface area contributed by atoms with Crippen LogP contribution in [0, 0.1) is 0 Å². The molecule has 21 heavy (non-hydrogen) atoms. The summed E-state index contributed by atoms with van der Waals surface area (Å²) in [6.45, 7) is 3.12. The van der Waals surface area contributed by atoms with Gasteiger partial charge in [-0.25, -0.2) is 0 Å². The Morgan fingerprint density at radius 2 is 1.67 bits per heavy atom. The zero-order chi connectivity index (χ0) is 14.9. The lowest BCUT2D eigenvalue weighted by atomic mass is 10.0. The van der Waals surface area contributed by atoms with Crippen LogP contribution in [-0.4, -0.2) is 12.6 Å². The molecule has 2 aromatic rings. The van der Waals surface area contributed by atoms with Gasteiger partial charge in [0, 0.05) is 18.3 Å². The molecular weight excluding hydrogens is 256 g/mol. The number of para-hydroxylation sites is 1. The second-order valence-electron chi connectivity index (χ2n) is 5.58. The highest BCUT2D eigenvalue weighted by Crippen LogP contribution is 2.19. The van der Waals surface area contributed by atoms with Gasteiger partial charge in [0.05, 0.1) is 0 Å². The molecule has 0 spiro atoms. The predicted molar refractivity (Wildman–Crippen MR) is 91.7 cm³/mol. The fraction of sp³-hybridized carbons (Fsp3) is 0.368. The molecule has 112 valence electrons. The van der Waals surface area contributed by atoms with Crippen LogP contribution in [0.3, 0.4) is 0 Å². The molecule has 0 saturated heterocycles. The summed E-state index contributed by atoms with van der Waals surface area (Å²) in [4.78, 5) is 0. The third kappa shape index (κ3) is 5.24. The van der Waals surface area contributed by atoms with Gasteiger partial charge in [0.2, 0.25) is 0 Å². The largest absolute Gasteiger partial charge is 0.385 e. The van der Waals surface area contributed by atoms with Gasteiger partial charge < -0.3 is 11.1 Å². The maximum Gasteiger partial charge on any atom is 0.0376 e. The van der Waals surface area contributed by atoms with Crippen LogP contribution in [0.5, 0.6) is 0 Å². The van der Waals surface area contributed by atoms with Crippen molar-refractivity contribution in [2.75, 3.05) is 11.9 Å². The maximum absolute atomic E-state index is 6.07. The lowest BCUT2D eigenvalue weighted by Gasteiger charge is -2.14. The van der Waals surface area contributed by atoms with Crippen LogP contribution in [0.1, 0.15) is 37.3 Å². The van der Waals surface area contributed by atoms with Gasteiger partial charge in [-0.05, 0) is 36.5 Å². The first-order valence-corrected chi connectivity index (χ1v) is 7.91. The molecule has 0 aliphatic rings. The zero-order valence-electron chi connectivity index (χ0n) is 12.9. The van der Waals surface area contributed by atoms with Gasteiger partial charge in [0.25, 0.3) is 0 Å². The molecule has 0 amide bonds. The van der Waals surface area contributed by atoms with Crippen LogP contribution in [-0.2, 0) is 6.42 Å². The van der Waals surface area contributed by atoms with Crippen molar-refractivity contribution < 1.29 is 0 Å². The van der Waals surface area contributed by atoms with Crippen molar-refractivity contribution in [3.05, 3.63) is 65.7 Å². The van der Waals surface area contributed by atoms with Crippen molar-refractivity contribution in [2.24, 2.45) is 5.73 Å². The van der Waals surface area contributed by atoms with Crippen molar-refractivity contribution in [3.63, 3.8) is 0 Å². The predicted octanol–water partition coefficient (Wildman–Crippen LogP) is 4.21. The fourth-order valence-electron chi connectivity index (χ4n) is 2.57. The second kappa shape index (κ2) is 8.48. The van der Waals surface area contributed by atoms with Crippen molar-refractivity contribution in [2.45, 2.75) is 38.6 Å². The average molecular weight is 282 g/mol. The molecule has 2 nitrogen and oxygen atoms in total. The molecule has 2 rings (SSSR count). The molecule has 1 unspecified atom stereocenters. The molecule has 2 aromatic carbocycles. The van der Waals surface area contributed by atoms with Crippen molar-refractivity contribution >= 4 is 5.69 Å². The van der Waals surface area contributed by atoms with Crippen LogP contribution in [0.2, 0.25) is 0 Å². The molecule has 0 aliphatic heterocycles. The van der Waals surface area contributed by atoms with Gasteiger partial charge in [-0.3, -0.25) is 0 Å². The first-order valence-electron chi connectivity index (χ1n) is 7.91. The molecule has 0 bridgehead atoms. The molecule has 2 heteroatoms. The maximum atomic E-state index is 6.07. The van der Waals surface area contributed by atoms with E-state index in [1.165, 1.54) is 16.8 Å². The lowest BCUT2D eigenvalue weighted by molar-refractivity contribution is 0.575. The van der Waals surface area contributed by atoms with Crippen molar-refractivity contribution in [3.8, 4) is 0 Å². The quantitative estimate of drug-likeness (QED) is 0.761. The summed E-state index contributed by atoms with van der Waals surface area (Å²) < 4.78 is 0. The third-order valence-corrected chi connectivity index (χ3v) is 3.74. The minimum absolute atomic E-state index is 0.309. The highest BCUT2D eigenvalue weighted by atomic mass is 14.9. The molecule has 0 heterocycles. The summed E-state index contributed by atoms with van der Waals surface area (Å²) in [6.07, 6.45) is 4.25. The minimum atomic E-state index is 0.309. The smallest absolute Gasteiger partial charge is 0.0376 e. The summed E-state index contributed by atoms with van der Waals surface area (Å²) in [5, 5.41) is 3.54. The van der Waals surface area contributed by atoms with Crippen LogP contribution < -0.4 is 11.1 Å². The number of hydrogen-bond acceptors (Lipinski definition) is 2. The summed E-state index contributed by atoms with van der Waals surface area (Å²) in [5.41, 5.74) is 9.98. The van der Waals surface area contributed by atoms with Crippen LogP contribution in [0.4, 0.5) is 5.69 Å². The van der Waals surface area contributed by atoms with E-state index in [0.29, 0.717) is 6.04 Å². The van der Waals surface area contributed by atoms with E-state index in [9.17, 15) is 0 Å². The Balaban J connectivity index is 1.94. The second-order valence-corrected chi connectivity index (χ2v) is 5.58.